The van der Waals surface area contributed by atoms with Gasteiger partial charge in [0, 0.05) is 5.56 Å². The van der Waals surface area contributed by atoms with Crippen LogP contribution in [0.5, 0.6) is 11.5 Å². The van der Waals surface area contributed by atoms with Crippen molar-refractivity contribution in [2.45, 2.75) is 39.0 Å². The van der Waals surface area contributed by atoms with E-state index >= 15 is 0 Å². The van der Waals surface area contributed by atoms with E-state index in [4.69, 9.17) is 4.74 Å². The number of aryl methyl sites for hydroxylation is 1. The monoisotopic (exact) mass is 403 g/mol. The Bertz CT molecular complexity index is 950. The van der Waals surface area contributed by atoms with Gasteiger partial charge in [-0.05, 0) is 72.7 Å². The Labute approximate surface area is 178 Å². The third kappa shape index (κ3) is 6.11. The number of unbranched alkanes of at least 4 members (excludes halogenated alkanes) is 1. The number of phenolic OH excluding ortho intramolecular Hbond substituents is 1. The van der Waals surface area contributed by atoms with E-state index in [-0.39, 0.29) is 11.7 Å². The van der Waals surface area contributed by atoms with Crippen LogP contribution in [0.4, 0.5) is 5.69 Å². The number of phenols is 1. The summed E-state index contributed by atoms with van der Waals surface area (Å²) in [5.41, 5.74) is 3.34. The molecule has 1 amide bonds. The number of benzene rings is 3. The maximum absolute atomic E-state index is 12.5. The summed E-state index contributed by atoms with van der Waals surface area (Å²) in [7, 11) is 0. The van der Waals surface area contributed by atoms with Gasteiger partial charge in [0.1, 0.15) is 11.5 Å². The van der Waals surface area contributed by atoms with Gasteiger partial charge in [-0.15, -0.1) is 0 Å². The van der Waals surface area contributed by atoms with Crippen LogP contribution in [0, 0.1) is 0 Å². The van der Waals surface area contributed by atoms with Crippen LogP contribution in [0.15, 0.2) is 72.8 Å². The van der Waals surface area contributed by atoms with Gasteiger partial charge in [-0.25, -0.2) is 0 Å². The lowest BCUT2D eigenvalue weighted by molar-refractivity contribution is 0.102. The molecule has 0 unspecified atom stereocenters. The zero-order valence-electron chi connectivity index (χ0n) is 17.6. The Morgan fingerprint density at radius 3 is 2.40 bits per heavy atom. The van der Waals surface area contributed by atoms with Gasteiger partial charge in [0.25, 0.3) is 5.91 Å². The van der Waals surface area contributed by atoms with Crippen molar-refractivity contribution in [3.05, 3.63) is 89.5 Å². The predicted molar refractivity (Wildman–Crippen MR) is 121 cm³/mol. The summed E-state index contributed by atoms with van der Waals surface area (Å²) in [6.07, 6.45) is 3.10. The maximum atomic E-state index is 12.5. The van der Waals surface area contributed by atoms with Crippen LogP contribution < -0.4 is 10.1 Å². The number of ether oxygens (including phenoxy) is 1. The molecule has 0 atom stereocenters. The van der Waals surface area contributed by atoms with Crippen LogP contribution in [-0.4, -0.2) is 17.6 Å². The number of aromatic hydroxyl groups is 1. The SMILES string of the molecule is CC(C)c1ccc(O)c(NC(=O)c2ccc(OCCCCc3ccccc3)cc2)c1. The Balaban J connectivity index is 1.48. The van der Waals surface area contributed by atoms with Gasteiger partial charge in [-0.2, -0.15) is 0 Å². The molecular weight excluding hydrogens is 374 g/mol. The Hall–Kier alpha value is -3.27. The molecule has 4 heteroatoms. The normalized spacial score (nSPS) is 10.8. The van der Waals surface area contributed by atoms with Crippen LogP contribution >= 0.6 is 0 Å². The van der Waals surface area contributed by atoms with Crippen molar-refractivity contribution in [3.8, 4) is 11.5 Å². The van der Waals surface area contributed by atoms with Gasteiger partial charge < -0.3 is 15.2 Å². The largest absolute Gasteiger partial charge is 0.506 e. The highest BCUT2D eigenvalue weighted by atomic mass is 16.5. The second kappa shape index (κ2) is 10.5. The van der Waals surface area contributed by atoms with E-state index in [2.05, 4.69) is 43.4 Å². The molecule has 3 aromatic carbocycles. The van der Waals surface area contributed by atoms with E-state index in [9.17, 15) is 9.90 Å². The number of nitrogens with one attached hydrogen (secondary N) is 1. The molecule has 0 bridgehead atoms. The van der Waals surface area contributed by atoms with E-state index in [1.807, 2.05) is 18.2 Å². The summed E-state index contributed by atoms with van der Waals surface area (Å²) in [5.74, 6) is 0.852. The molecule has 0 aliphatic carbocycles. The highest BCUT2D eigenvalue weighted by molar-refractivity contribution is 6.05. The second-order valence-corrected chi connectivity index (χ2v) is 7.70. The minimum atomic E-state index is -0.263. The Morgan fingerprint density at radius 2 is 1.70 bits per heavy atom. The first kappa shape index (κ1) is 21.4. The van der Waals surface area contributed by atoms with Crippen molar-refractivity contribution in [3.63, 3.8) is 0 Å². The lowest BCUT2D eigenvalue weighted by Crippen LogP contribution is -2.12. The first-order valence-electron chi connectivity index (χ1n) is 10.4. The lowest BCUT2D eigenvalue weighted by Gasteiger charge is -2.12. The molecule has 0 saturated heterocycles. The minimum Gasteiger partial charge on any atom is -0.506 e. The number of carbonyl (C=O) groups is 1. The summed E-state index contributed by atoms with van der Waals surface area (Å²) >= 11 is 0. The van der Waals surface area contributed by atoms with Crippen LogP contribution in [-0.2, 0) is 6.42 Å². The summed E-state index contributed by atoms with van der Waals surface area (Å²) in [4.78, 5) is 12.5. The molecule has 30 heavy (non-hydrogen) atoms. The van der Waals surface area contributed by atoms with Crippen LogP contribution in [0.1, 0.15) is 54.1 Å². The van der Waals surface area contributed by atoms with Crippen LogP contribution in [0.3, 0.4) is 0 Å². The molecule has 0 radical (unpaired) electrons. The van der Waals surface area contributed by atoms with Gasteiger partial charge in [-0.3, -0.25) is 4.79 Å². The molecule has 0 spiro atoms. The van der Waals surface area contributed by atoms with Crippen LogP contribution in [0.2, 0.25) is 0 Å². The summed E-state index contributed by atoms with van der Waals surface area (Å²) < 4.78 is 5.79. The molecule has 4 nitrogen and oxygen atoms in total. The van der Waals surface area contributed by atoms with E-state index in [0.29, 0.717) is 23.8 Å². The summed E-state index contributed by atoms with van der Waals surface area (Å²) in [6, 6.07) is 22.8. The van der Waals surface area contributed by atoms with Crippen molar-refractivity contribution >= 4 is 11.6 Å². The van der Waals surface area contributed by atoms with E-state index in [0.717, 1.165) is 30.6 Å². The van der Waals surface area contributed by atoms with Crippen molar-refractivity contribution in [1.29, 1.82) is 0 Å². The molecule has 3 rings (SSSR count). The highest BCUT2D eigenvalue weighted by Gasteiger charge is 2.11. The van der Waals surface area contributed by atoms with Gasteiger partial charge in [0.15, 0.2) is 0 Å². The summed E-state index contributed by atoms with van der Waals surface area (Å²) in [5, 5.41) is 12.8. The Morgan fingerprint density at radius 1 is 0.967 bits per heavy atom. The number of hydrogen-bond donors (Lipinski definition) is 2. The molecule has 2 N–H and O–H groups in total. The molecule has 0 heterocycles. The molecule has 0 saturated carbocycles. The topological polar surface area (TPSA) is 58.6 Å². The zero-order chi connectivity index (χ0) is 21.3. The summed E-state index contributed by atoms with van der Waals surface area (Å²) in [6.45, 7) is 4.78. The fourth-order valence-corrected chi connectivity index (χ4v) is 3.18. The number of hydrogen-bond acceptors (Lipinski definition) is 3. The minimum absolute atomic E-state index is 0.0585. The van der Waals surface area contributed by atoms with Gasteiger partial charge in [-0.1, -0.05) is 50.2 Å². The highest BCUT2D eigenvalue weighted by Crippen LogP contribution is 2.28. The molecule has 0 fully saturated rings. The van der Waals surface area contributed by atoms with E-state index < -0.39 is 0 Å². The van der Waals surface area contributed by atoms with Crippen molar-refractivity contribution in [1.82, 2.24) is 0 Å². The fourth-order valence-electron chi connectivity index (χ4n) is 3.18. The number of carbonyl (C=O) groups excluding carboxylic acids is 1. The van der Waals surface area contributed by atoms with Gasteiger partial charge >= 0.3 is 0 Å². The molecule has 0 aromatic heterocycles. The molecule has 156 valence electrons. The second-order valence-electron chi connectivity index (χ2n) is 7.70. The molecular formula is C26H29NO3. The third-order valence-corrected chi connectivity index (χ3v) is 5.02. The Kier molecular flexibility index (Phi) is 7.50. The number of anilines is 1. The zero-order valence-corrected chi connectivity index (χ0v) is 17.6. The average Bonchev–Trinajstić information content (AvgIpc) is 2.76. The molecule has 3 aromatic rings. The van der Waals surface area contributed by atoms with Gasteiger partial charge in [0.05, 0.1) is 12.3 Å². The van der Waals surface area contributed by atoms with Crippen molar-refractivity contribution in [2.24, 2.45) is 0 Å². The molecule has 0 aliphatic rings. The van der Waals surface area contributed by atoms with Crippen LogP contribution in [0.25, 0.3) is 0 Å². The molecule has 0 aliphatic heterocycles. The number of rotatable bonds is 9. The van der Waals surface area contributed by atoms with E-state index in [1.54, 1.807) is 30.3 Å². The standard InChI is InChI=1S/C26H29NO3/c1-19(2)22-13-16-25(28)24(18-22)27-26(29)21-11-14-23(15-12-21)30-17-7-6-10-20-8-4-3-5-9-20/h3-5,8-9,11-16,18-19,28H,6-7,10,17H2,1-2H3,(H,27,29). The van der Waals surface area contributed by atoms with Crippen molar-refractivity contribution in [2.75, 3.05) is 11.9 Å². The van der Waals surface area contributed by atoms with Crippen molar-refractivity contribution < 1.29 is 14.6 Å². The third-order valence-electron chi connectivity index (χ3n) is 5.02. The first-order chi connectivity index (χ1) is 14.5. The predicted octanol–water partition coefficient (Wildman–Crippen LogP) is 6.17. The quantitative estimate of drug-likeness (QED) is 0.332. The number of amides is 1. The maximum Gasteiger partial charge on any atom is 0.255 e. The lowest BCUT2D eigenvalue weighted by atomic mass is 10.0. The average molecular weight is 404 g/mol. The fraction of sp³-hybridized carbons (Fsp3) is 0.269. The smallest absolute Gasteiger partial charge is 0.255 e. The first-order valence-corrected chi connectivity index (χ1v) is 10.4. The van der Waals surface area contributed by atoms with E-state index in [1.165, 1.54) is 5.56 Å². The van der Waals surface area contributed by atoms with Gasteiger partial charge in [0.2, 0.25) is 0 Å².